The van der Waals surface area contributed by atoms with E-state index in [1.165, 1.54) is 12.1 Å². The fourth-order valence-corrected chi connectivity index (χ4v) is 2.36. The molecule has 6 nitrogen and oxygen atoms in total. The lowest BCUT2D eigenvalue weighted by molar-refractivity contribution is -0.125. The van der Waals surface area contributed by atoms with E-state index in [1.807, 2.05) is 38.1 Å². The van der Waals surface area contributed by atoms with Gasteiger partial charge in [-0.15, -0.1) is 0 Å². The van der Waals surface area contributed by atoms with Crippen LogP contribution in [0.3, 0.4) is 0 Å². The standard InChI is InChI=1S/C19H21NO5/c1-3-16(13-6-4-12(2)5-7-13)20-18(23)11-25-19(24)15-9-8-14(21)10-17(15)22/h4-10,16,21-22H,3,11H2,1-2H3,(H,20,23)/t16-/m1/s1. The van der Waals surface area contributed by atoms with Gasteiger partial charge in [0.1, 0.15) is 17.1 Å². The summed E-state index contributed by atoms with van der Waals surface area (Å²) in [7, 11) is 0. The Balaban J connectivity index is 1.92. The minimum absolute atomic E-state index is 0.115. The minimum atomic E-state index is -0.837. The Morgan fingerprint density at radius 1 is 1.12 bits per heavy atom. The topological polar surface area (TPSA) is 95.9 Å². The van der Waals surface area contributed by atoms with Gasteiger partial charge in [-0.1, -0.05) is 36.8 Å². The fraction of sp³-hybridized carbons (Fsp3) is 0.263. The van der Waals surface area contributed by atoms with Crippen LogP contribution in [-0.4, -0.2) is 28.7 Å². The highest BCUT2D eigenvalue weighted by Gasteiger charge is 2.17. The van der Waals surface area contributed by atoms with Gasteiger partial charge >= 0.3 is 5.97 Å². The molecule has 2 aromatic carbocycles. The number of esters is 1. The first-order valence-electron chi connectivity index (χ1n) is 7.95. The second-order valence-electron chi connectivity index (χ2n) is 5.72. The van der Waals surface area contributed by atoms with Crippen LogP contribution < -0.4 is 5.32 Å². The molecule has 0 saturated heterocycles. The number of amides is 1. The molecule has 0 aromatic heterocycles. The van der Waals surface area contributed by atoms with Crippen LogP contribution in [0.25, 0.3) is 0 Å². The minimum Gasteiger partial charge on any atom is -0.508 e. The number of aryl methyl sites for hydroxylation is 1. The van der Waals surface area contributed by atoms with Crippen molar-refractivity contribution in [3.8, 4) is 11.5 Å². The van der Waals surface area contributed by atoms with Crippen molar-refractivity contribution in [2.45, 2.75) is 26.3 Å². The Hall–Kier alpha value is -3.02. The van der Waals surface area contributed by atoms with Crippen molar-refractivity contribution < 1.29 is 24.5 Å². The van der Waals surface area contributed by atoms with E-state index in [2.05, 4.69) is 5.32 Å². The van der Waals surface area contributed by atoms with E-state index in [-0.39, 0.29) is 17.4 Å². The van der Waals surface area contributed by atoms with Crippen LogP contribution in [-0.2, 0) is 9.53 Å². The van der Waals surface area contributed by atoms with Crippen molar-refractivity contribution in [2.75, 3.05) is 6.61 Å². The SMILES string of the molecule is CC[C@@H](NC(=O)COC(=O)c1ccc(O)cc1O)c1ccc(C)cc1. The number of phenols is 2. The van der Waals surface area contributed by atoms with E-state index in [1.54, 1.807) is 0 Å². The fourth-order valence-electron chi connectivity index (χ4n) is 2.36. The monoisotopic (exact) mass is 343 g/mol. The molecule has 2 rings (SSSR count). The first-order valence-corrected chi connectivity index (χ1v) is 7.95. The summed E-state index contributed by atoms with van der Waals surface area (Å²) in [6.07, 6.45) is 0.696. The summed E-state index contributed by atoms with van der Waals surface area (Å²) in [5, 5.41) is 21.6. The molecular weight excluding hydrogens is 322 g/mol. The quantitative estimate of drug-likeness (QED) is 0.701. The average molecular weight is 343 g/mol. The van der Waals surface area contributed by atoms with Gasteiger partial charge in [0.25, 0.3) is 5.91 Å². The van der Waals surface area contributed by atoms with Gasteiger partial charge in [0.2, 0.25) is 0 Å². The van der Waals surface area contributed by atoms with Crippen LogP contribution >= 0.6 is 0 Å². The lowest BCUT2D eigenvalue weighted by Gasteiger charge is -2.17. The van der Waals surface area contributed by atoms with Gasteiger partial charge in [-0.3, -0.25) is 4.79 Å². The molecule has 0 spiro atoms. The number of hydrogen-bond acceptors (Lipinski definition) is 5. The number of carbonyl (C=O) groups excluding carboxylic acids is 2. The molecule has 2 aromatic rings. The molecule has 0 heterocycles. The molecule has 0 bridgehead atoms. The van der Waals surface area contributed by atoms with Gasteiger partial charge in [-0.2, -0.15) is 0 Å². The number of nitrogens with one attached hydrogen (secondary N) is 1. The van der Waals surface area contributed by atoms with Gasteiger partial charge in [0.15, 0.2) is 6.61 Å². The molecular formula is C19H21NO5. The third kappa shape index (κ3) is 4.97. The van der Waals surface area contributed by atoms with Gasteiger partial charge in [0, 0.05) is 6.07 Å². The summed E-state index contributed by atoms with van der Waals surface area (Å²) in [6, 6.07) is 11.2. The summed E-state index contributed by atoms with van der Waals surface area (Å²) in [6.45, 7) is 3.48. The third-order valence-corrected chi connectivity index (χ3v) is 3.76. The summed E-state index contributed by atoms with van der Waals surface area (Å²) < 4.78 is 4.92. The van der Waals surface area contributed by atoms with E-state index in [0.29, 0.717) is 6.42 Å². The van der Waals surface area contributed by atoms with Gasteiger partial charge in [-0.05, 0) is 31.0 Å². The lowest BCUT2D eigenvalue weighted by Crippen LogP contribution is -2.32. The van der Waals surface area contributed by atoms with Gasteiger partial charge < -0.3 is 20.3 Å². The average Bonchev–Trinajstić information content (AvgIpc) is 2.58. The Morgan fingerprint density at radius 2 is 1.80 bits per heavy atom. The summed E-state index contributed by atoms with van der Waals surface area (Å²) in [4.78, 5) is 23.9. The predicted molar refractivity (Wildman–Crippen MR) is 92.4 cm³/mol. The van der Waals surface area contributed by atoms with Crippen molar-refractivity contribution in [3.05, 3.63) is 59.2 Å². The van der Waals surface area contributed by atoms with Crippen LogP contribution in [0.5, 0.6) is 11.5 Å². The number of hydrogen-bond donors (Lipinski definition) is 3. The Labute approximate surface area is 146 Å². The normalized spacial score (nSPS) is 11.6. The smallest absolute Gasteiger partial charge is 0.342 e. The van der Waals surface area contributed by atoms with Crippen molar-refractivity contribution >= 4 is 11.9 Å². The second kappa shape index (κ2) is 8.19. The molecule has 132 valence electrons. The maximum Gasteiger partial charge on any atom is 0.342 e. The Bertz CT molecular complexity index is 755. The highest BCUT2D eigenvalue weighted by atomic mass is 16.5. The third-order valence-electron chi connectivity index (χ3n) is 3.76. The lowest BCUT2D eigenvalue weighted by atomic mass is 10.0. The number of phenolic OH excluding ortho intramolecular Hbond substituents is 2. The maximum absolute atomic E-state index is 12.0. The molecule has 6 heteroatoms. The molecule has 0 aliphatic heterocycles. The number of aromatic hydroxyl groups is 2. The van der Waals surface area contributed by atoms with Crippen molar-refractivity contribution in [1.82, 2.24) is 5.32 Å². The van der Waals surface area contributed by atoms with E-state index in [0.717, 1.165) is 17.2 Å². The largest absolute Gasteiger partial charge is 0.508 e. The van der Waals surface area contributed by atoms with Crippen molar-refractivity contribution in [1.29, 1.82) is 0 Å². The molecule has 0 fully saturated rings. The number of rotatable bonds is 6. The van der Waals surface area contributed by atoms with E-state index in [4.69, 9.17) is 4.74 Å². The zero-order valence-electron chi connectivity index (χ0n) is 14.2. The predicted octanol–water partition coefficient (Wildman–Crippen LogP) is 2.83. The molecule has 0 saturated carbocycles. The van der Waals surface area contributed by atoms with Crippen LogP contribution in [0.15, 0.2) is 42.5 Å². The first kappa shape index (κ1) is 18.3. The second-order valence-corrected chi connectivity index (χ2v) is 5.72. The zero-order valence-corrected chi connectivity index (χ0v) is 14.2. The summed E-state index contributed by atoms with van der Waals surface area (Å²) in [5.41, 5.74) is 1.99. The number of ether oxygens (including phenoxy) is 1. The Kier molecular flexibility index (Phi) is 6.00. The van der Waals surface area contributed by atoms with Gasteiger partial charge in [0.05, 0.1) is 6.04 Å². The van der Waals surface area contributed by atoms with Crippen molar-refractivity contribution in [2.24, 2.45) is 0 Å². The molecule has 0 radical (unpaired) electrons. The molecule has 3 N–H and O–H groups in total. The number of benzene rings is 2. The van der Waals surface area contributed by atoms with Crippen LogP contribution in [0, 0.1) is 6.92 Å². The first-order chi connectivity index (χ1) is 11.9. The highest BCUT2D eigenvalue weighted by Crippen LogP contribution is 2.23. The molecule has 25 heavy (non-hydrogen) atoms. The van der Waals surface area contributed by atoms with Crippen LogP contribution in [0.1, 0.15) is 40.9 Å². The summed E-state index contributed by atoms with van der Waals surface area (Å²) in [5.74, 6) is -1.85. The highest BCUT2D eigenvalue weighted by molar-refractivity contribution is 5.94. The molecule has 1 amide bonds. The van der Waals surface area contributed by atoms with Gasteiger partial charge in [-0.25, -0.2) is 4.79 Å². The zero-order chi connectivity index (χ0) is 18.4. The van der Waals surface area contributed by atoms with E-state index < -0.39 is 24.2 Å². The molecule has 0 aliphatic carbocycles. The molecule has 0 aliphatic rings. The van der Waals surface area contributed by atoms with Crippen molar-refractivity contribution in [3.63, 3.8) is 0 Å². The van der Waals surface area contributed by atoms with E-state index in [9.17, 15) is 19.8 Å². The van der Waals surface area contributed by atoms with Crippen LogP contribution in [0.2, 0.25) is 0 Å². The molecule has 0 unspecified atom stereocenters. The Morgan fingerprint density at radius 3 is 2.40 bits per heavy atom. The number of carbonyl (C=O) groups is 2. The van der Waals surface area contributed by atoms with E-state index >= 15 is 0 Å². The molecule has 1 atom stereocenters. The summed E-state index contributed by atoms with van der Waals surface area (Å²) >= 11 is 0. The van der Waals surface area contributed by atoms with Crippen LogP contribution in [0.4, 0.5) is 0 Å². The maximum atomic E-state index is 12.0.